The molecule has 100 valence electrons. The molecular weight excluding hydrogens is 246 g/mol. The van der Waals surface area contributed by atoms with Crippen molar-refractivity contribution in [3.63, 3.8) is 0 Å². The van der Waals surface area contributed by atoms with E-state index in [9.17, 15) is 10.1 Å². The van der Waals surface area contributed by atoms with Crippen molar-refractivity contribution in [2.24, 2.45) is 0 Å². The highest BCUT2D eigenvalue weighted by Crippen LogP contribution is 2.24. The van der Waals surface area contributed by atoms with Gasteiger partial charge in [-0.05, 0) is 11.6 Å². The Hall–Kier alpha value is -1.92. The molecule has 1 aromatic carbocycles. The van der Waals surface area contributed by atoms with Crippen molar-refractivity contribution in [1.29, 1.82) is 0 Å². The van der Waals surface area contributed by atoms with Gasteiger partial charge in [-0.25, -0.2) is 0 Å². The van der Waals surface area contributed by atoms with Crippen molar-refractivity contribution in [3.8, 4) is 0 Å². The van der Waals surface area contributed by atoms with Crippen LogP contribution in [0.2, 0.25) is 0 Å². The summed E-state index contributed by atoms with van der Waals surface area (Å²) in [5.41, 5.74) is 2.11. The van der Waals surface area contributed by atoms with Crippen LogP contribution in [0.1, 0.15) is 5.56 Å². The van der Waals surface area contributed by atoms with E-state index in [1.807, 2.05) is 12.3 Å². The topological polar surface area (TPSA) is 71.4 Å². The second kappa shape index (κ2) is 4.99. The Morgan fingerprint density at radius 3 is 2.89 bits per heavy atom. The summed E-state index contributed by atoms with van der Waals surface area (Å²) >= 11 is 0. The Bertz CT molecular complexity index is 602. The number of aromatic amines is 1. The fourth-order valence-corrected chi connectivity index (χ4v) is 2.42. The SMILES string of the molecule is O=[N+]([O-])c1ccc2c(CN3CCOCC3)c[nH]c2c1. The number of nitrogens with zero attached hydrogens (tertiary/aromatic N) is 2. The van der Waals surface area contributed by atoms with Crippen LogP contribution >= 0.6 is 0 Å². The summed E-state index contributed by atoms with van der Waals surface area (Å²) < 4.78 is 5.32. The predicted octanol–water partition coefficient (Wildman–Crippen LogP) is 1.91. The van der Waals surface area contributed by atoms with E-state index >= 15 is 0 Å². The molecule has 2 heterocycles. The second-order valence-electron chi connectivity index (χ2n) is 4.69. The first-order valence-electron chi connectivity index (χ1n) is 6.28. The van der Waals surface area contributed by atoms with Gasteiger partial charge in [-0.1, -0.05) is 0 Å². The van der Waals surface area contributed by atoms with E-state index in [1.54, 1.807) is 12.1 Å². The third-order valence-electron chi connectivity index (χ3n) is 3.46. The summed E-state index contributed by atoms with van der Waals surface area (Å²) in [6.07, 6.45) is 1.93. The zero-order valence-electron chi connectivity index (χ0n) is 10.5. The van der Waals surface area contributed by atoms with E-state index in [0.717, 1.165) is 43.8 Å². The van der Waals surface area contributed by atoms with Crippen LogP contribution in [-0.4, -0.2) is 41.1 Å². The number of nitro groups is 1. The zero-order valence-corrected chi connectivity index (χ0v) is 10.5. The standard InChI is InChI=1S/C13H15N3O3/c17-16(18)11-1-2-12-10(8-14-13(12)7-11)9-15-3-5-19-6-4-15/h1-2,7-8,14H,3-6,9H2. The summed E-state index contributed by atoms with van der Waals surface area (Å²) in [7, 11) is 0. The molecule has 1 aliphatic heterocycles. The van der Waals surface area contributed by atoms with E-state index in [2.05, 4.69) is 9.88 Å². The molecule has 3 rings (SSSR count). The van der Waals surface area contributed by atoms with Gasteiger partial charge >= 0.3 is 0 Å². The lowest BCUT2D eigenvalue weighted by Crippen LogP contribution is -2.35. The number of morpholine rings is 1. The first kappa shape index (κ1) is 12.1. The zero-order chi connectivity index (χ0) is 13.2. The highest BCUT2D eigenvalue weighted by Gasteiger charge is 2.14. The summed E-state index contributed by atoms with van der Waals surface area (Å²) in [4.78, 5) is 15.8. The van der Waals surface area contributed by atoms with Gasteiger partial charge in [0.25, 0.3) is 5.69 Å². The third kappa shape index (κ3) is 2.45. The van der Waals surface area contributed by atoms with Crippen LogP contribution in [0.25, 0.3) is 10.9 Å². The third-order valence-corrected chi connectivity index (χ3v) is 3.46. The van der Waals surface area contributed by atoms with E-state index in [4.69, 9.17) is 4.74 Å². The molecule has 6 nitrogen and oxygen atoms in total. The minimum Gasteiger partial charge on any atom is -0.379 e. The number of hydrogen-bond acceptors (Lipinski definition) is 4. The van der Waals surface area contributed by atoms with Crippen LogP contribution in [0.15, 0.2) is 24.4 Å². The van der Waals surface area contributed by atoms with Crippen molar-refractivity contribution in [1.82, 2.24) is 9.88 Å². The first-order chi connectivity index (χ1) is 9.24. The van der Waals surface area contributed by atoms with Gasteiger partial charge in [-0.2, -0.15) is 0 Å². The highest BCUT2D eigenvalue weighted by atomic mass is 16.6. The number of fused-ring (bicyclic) bond motifs is 1. The molecule has 1 fully saturated rings. The Morgan fingerprint density at radius 1 is 1.37 bits per heavy atom. The Labute approximate surface area is 110 Å². The quantitative estimate of drug-likeness (QED) is 0.676. The van der Waals surface area contributed by atoms with Crippen LogP contribution in [0.4, 0.5) is 5.69 Å². The fourth-order valence-electron chi connectivity index (χ4n) is 2.42. The molecule has 0 atom stereocenters. The number of nitro benzene ring substituents is 1. The van der Waals surface area contributed by atoms with Crippen LogP contribution in [0.5, 0.6) is 0 Å². The lowest BCUT2D eigenvalue weighted by atomic mass is 10.1. The molecular formula is C13H15N3O3. The molecule has 1 aromatic heterocycles. The average Bonchev–Trinajstić information content (AvgIpc) is 2.82. The van der Waals surface area contributed by atoms with Crippen molar-refractivity contribution in [2.45, 2.75) is 6.54 Å². The van der Waals surface area contributed by atoms with E-state index in [1.165, 1.54) is 5.56 Å². The maximum atomic E-state index is 10.7. The van der Waals surface area contributed by atoms with Crippen LogP contribution in [0, 0.1) is 10.1 Å². The smallest absolute Gasteiger partial charge is 0.271 e. The van der Waals surface area contributed by atoms with Gasteiger partial charge < -0.3 is 9.72 Å². The molecule has 0 aliphatic carbocycles. The lowest BCUT2D eigenvalue weighted by molar-refractivity contribution is -0.384. The molecule has 1 aliphatic rings. The van der Waals surface area contributed by atoms with E-state index in [0.29, 0.717) is 0 Å². The van der Waals surface area contributed by atoms with Crippen molar-refractivity contribution in [3.05, 3.63) is 40.1 Å². The molecule has 6 heteroatoms. The Balaban J connectivity index is 1.86. The molecule has 0 spiro atoms. The van der Waals surface area contributed by atoms with Gasteiger partial charge in [0.1, 0.15) is 0 Å². The Kier molecular flexibility index (Phi) is 3.18. The molecule has 0 unspecified atom stereocenters. The van der Waals surface area contributed by atoms with Gasteiger partial charge in [0.15, 0.2) is 0 Å². The van der Waals surface area contributed by atoms with Gasteiger partial charge in [-0.3, -0.25) is 15.0 Å². The van der Waals surface area contributed by atoms with E-state index < -0.39 is 0 Å². The van der Waals surface area contributed by atoms with Gasteiger partial charge in [0.2, 0.25) is 0 Å². The number of aromatic nitrogens is 1. The average molecular weight is 261 g/mol. The van der Waals surface area contributed by atoms with Crippen molar-refractivity contribution in [2.75, 3.05) is 26.3 Å². The molecule has 1 N–H and O–H groups in total. The van der Waals surface area contributed by atoms with Crippen LogP contribution in [0.3, 0.4) is 0 Å². The summed E-state index contributed by atoms with van der Waals surface area (Å²) in [5.74, 6) is 0. The number of nitrogens with one attached hydrogen (secondary N) is 1. The first-order valence-corrected chi connectivity index (χ1v) is 6.28. The minimum atomic E-state index is -0.373. The Morgan fingerprint density at radius 2 is 2.16 bits per heavy atom. The monoisotopic (exact) mass is 261 g/mol. The molecule has 0 bridgehead atoms. The molecule has 2 aromatic rings. The summed E-state index contributed by atoms with van der Waals surface area (Å²) in [5, 5.41) is 11.8. The van der Waals surface area contributed by atoms with Crippen LogP contribution in [-0.2, 0) is 11.3 Å². The fraction of sp³-hybridized carbons (Fsp3) is 0.385. The highest BCUT2D eigenvalue weighted by molar-refractivity contribution is 5.85. The molecule has 1 saturated heterocycles. The van der Waals surface area contributed by atoms with Crippen molar-refractivity contribution >= 4 is 16.6 Å². The second-order valence-corrected chi connectivity index (χ2v) is 4.69. The number of ether oxygens (including phenoxy) is 1. The van der Waals surface area contributed by atoms with E-state index in [-0.39, 0.29) is 10.6 Å². The number of H-pyrrole nitrogens is 1. The molecule has 0 radical (unpaired) electrons. The number of hydrogen-bond donors (Lipinski definition) is 1. The lowest BCUT2D eigenvalue weighted by Gasteiger charge is -2.26. The summed E-state index contributed by atoms with van der Waals surface area (Å²) in [6, 6.07) is 4.96. The van der Waals surface area contributed by atoms with Crippen LogP contribution < -0.4 is 0 Å². The molecule has 0 amide bonds. The maximum Gasteiger partial charge on any atom is 0.271 e. The number of rotatable bonds is 3. The van der Waals surface area contributed by atoms with Gasteiger partial charge in [0.05, 0.1) is 23.7 Å². The maximum absolute atomic E-state index is 10.7. The largest absolute Gasteiger partial charge is 0.379 e. The van der Waals surface area contributed by atoms with Gasteiger partial charge in [0, 0.05) is 43.4 Å². The minimum absolute atomic E-state index is 0.118. The normalized spacial score (nSPS) is 16.8. The van der Waals surface area contributed by atoms with Gasteiger partial charge in [-0.15, -0.1) is 0 Å². The predicted molar refractivity (Wildman–Crippen MR) is 71.0 cm³/mol. The number of benzene rings is 1. The molecule has 0 saturated carbocycles. The molecule has 19 heavy (non-hydrogen) atoms. The van der Waals surface area contributed by atoms with Crippen molar-refractivity contribution < 1.29 is 9.66 Å². The summed E-state index contributed by atoms with van der Waals surface area (Å²) in [6.45, 7) is 4.25. The number of non-ortho nitro benzene ring substituents is 1.